The monoisotopic (exact) mass is 421 g/mol. The lowest BCUT2D eigenvalue weighted by Crippen LogP contribution is -2.12. The van der Waals surface area contributed by atoms with Crippen LogP contribution in [0.4, 0.5) is 11.4 Å². The van der Waals surface area contributed by atoms with Crippen molar-refractivity contribution in [3.63, 3.8) is 0 Å². The van der Waals surface area contributed by atoms with Crippen molar-refractivity contribution in [3.05, 3.63) is 97.0 Å². The second-order valence-corrected chi connectivity index (χ2v) is 7.47. The summed E-state index contributed by atoms with van der Waals surface area (Å²) in [7, 11) is 0. The smallest absolute Gasteiger partial charge is 0.284 e. The first-order valence-corrected chi connectivity index (χ1v) is 9.81. The Morgan fingerprint density at radius 1 is 1.23 bits per heavy atom. The fourth-order valence-corrected chi connectivity index (χ4v) is 3.91. The number of benzene rings is 2. The Labute approximate surface area is 174 Å². The van der Waals surface area contributed by atoms with Crippen LogP contribution in [0.1, 0.15) is 27.4 Å². The molecule has 9 heteroatoms. The van der Waals surface area contributed by atoms with Crippen LogP contribution < -0.4 is 10.9 Å². The molecular weight excluding hydrogens is 406 g/mol. The second-order valence-electron chi connectivity index (χ2n) is 6.63. The van der Waals surface area contributed by atoms with Crippen molar-refractivity contribution in [3.8, 4) is 0 Å². The number of nitrogens with zero attached hydrogens (tertiary/aromatic N) is 2. The van der Waals surface area contributed by atoms with E-state index in [1.807, 2.05) is 18.4 Å². The lowest BCUT2D eigenvalue weighted by molar-refractivity contribution is -0.384. The fourth-order valence-electron chi connectivity index (χ4n) is 3.00. The summed E-state index contributed by atoms with van der Waals surface area (Å²) in [4.78, 5) is 39.4. The zero-order valence-corrected chi connectivity index (χ0v) is 16.6. The average molecular weight is 421 g/mol. The first kappa shape index (κ1) is 19.5. The van der Waals surface area contributed by atoms with Gasteiger partial charge in [0.15, 0.2) is 4.90 Å². The summed E-state index contributed by atoms with van der Waals surface area (Å²) in [5, 5.41) is 15.9. The van der Waals surface area contributed by atoms with Crippen molar-refractivity contribution >= 4 is 38.9 Å². The molecule has 2 aromatic carbocycles. The Bertz CT molecular complexity index is 1320. The number of thiophene rings is 1. The highest BCUT2D eigenvalue weighted by Gasteiger charge is 2.13. The van der Waals surface area contributed by atoms with Gasteiger partial charge in [0.05, 0.1) is 10.3 Å². The maximum atomic E-state index is 12.4. The third-order valence-corrected chi connectivity index (χ3v) is 5.45. The standard InChI is InChI=1S/C21H15N3O5S/c1-12-11-30-21-18(12)20(26)23-17(29-21)10-13-3-2-4-15(9-13)22-19(25)14-5-7-16(8-6-14)24(27)28/h2-9,11H,10H2,1H3,(H,22,25). The minimum atomic E-state index is -0.521. The van der Waals surface area contributed by atoms with E-state index in [-0.39, 0.29) is 17.2 Å². The highest BCUT2D eigenvalue weighted by molar-refractivity contribution is 7.16. The summed E-state index contributed by atoms with van der Waals surface area (Å²) in [6.45, 7) is 1.84. The van der Waals surface area contributed by atoms with E-state index in [0.717, 1.165) is 11.1 Å². The van der Waals surface area contributed by atoms with Crippen LogP contribution in [0.3, 0.4) is 0 Å². The number of rotatable bonds is 5. The Morgan fingerprint density at radius 3 is 2.73 bits per heavy atom. The molecule has 1 amide bonds. The van der Waals surface area contributed by atoms with E-state index in [2.05, 4.69) is 10.3 Å². The van der Waals surface area contributed by atoms with Crippen LogP contribution in [0.25, 0.3) is 10.3 Å². The van der Waals surface area contributed by atoms with E-state index >= 15 is 0 Å². The van der Waals surface area contributed by atoms with Gasteiger partial charge in [0.25, 0.3) is 17.2 Å². The lowest BCUT2D eigenvalue weighted by atomic mass is 10.1. The Morgan fingerprint density at radius 2 is 2.00 bits per heavy atom. The van der Waals surface area contributed by atoms with E-state index in [0.29, 0.717) is 33.8 Å². The molecule has 2 heterocycles. The number of anilines is 1. The van der Waals surface area contributed by atoms with Gasteiger partial charge in [0.1, 0.15) is 0 Å². The van der Waals surface area contributed by atoms with Gasteiger partial charge in [-0.25, -0.2) is 0 Å². The second kappa shape index (κ2) is 7.88. The molecule has 0 radical (unpaired) electrons. The van der Waals surface area contributed by atoms with Gasteiger partial charge in [-0.05, 0) is 47.7 Å². The van der Waals surface area contributed by atoms with Gasteiger partial charge >= 0.3 is 0 Å². The molecule has 0 saturated carbocycles. The van der Waals surface area contributed by atoms with Gasteiger partial charge in [0.2, 0.25) is 5.89 Å². The summed E-state index contributed by atoms with van der Waals surface area (Å²) < 4.78 is 5.75. The zero-order chi connectivity index (χ0) is 21.3. The predicted molar refractivity (Wildman–Crippen MR) is 113 cm³/mol. The van der Waals surface area contributed by atoms with E-state index in [1.54, 1.807) is 18.2 Å². The lowest BCUT2D eigenvalue weighted by Gasteiger charge is -2.07. The SMILES string of the molecule is Cc1csc2oc(Cc3cccc(NC(=O)c4ccc([N+](=O)[O-])cc4)c3)nc(=O)c12. The van der Waals surface area contributed by atoms with E-state index in [1.165, 1.54) is 35.6 Å². The maximum Gasteiger partial charge on any atom is 0.284 e. The number of nitro groups is 1. The van der Waals surface area contributed by atoms with Crippen molar-refractivity contribution in [2.75, 3.05) is 5.32 Å². The van der Waals surface area contributed by atoms with Crippen LogP contribution in [0, 0.1) is 17.0 Å². The number of hydrogen-bond donors (Lipinski definition) is 1. The van der Waals surface area contributed by atoms with Gasteiger partial charge in [0, 0.05) is 29.8 Å². The molecule has 8 nitrogen and oxygen atoms in total. The molecule has 2 aromatic heterocycles. The minimum Gasteiger partial charge on any atom is -0.431 e. The average Bonchev–Trinajstić information content (AvgIpc) is 3.09. The van der Waals surface area contributed by atoms with Crippen molar-refractivity contribution in [1.29, 1.82) is 0 Å². The quantitative estimate of drug-likeness (QED) is 0.379. The van der Waals surface area contributed by atoms with Crippen LogP contribution in [0.2, 0.25) is 0 Å². The molecule has 0 aliphatic rings. The topological polar surface area (TPSA) is 115 Å². The number of fused-ring (bicyclic) bond motifs is 1. The summed E-state index contributed by atoms with van der Waals surface area (Å²) in [5.74, 6) is -0.0876. The van der Waals surface area contributed by atoms with Gasteiger partial charge in [-0.15, -0.1) is 11.3 Å². The number of hydrogen-bond acceptors (Lipinski definition) is 7. The summed E-state index contributed by atoms with van der Waals surface area (Å²) >= 11 is 1.36. The zero-order valence-electron chi connectivity index (χ0n) is 15.7. The molecule has 0 unspecified atom stereocenters. The van der Waals surface area contributed by atoms with Crippen LogP contribution in [0.5, 0.6) is 0 Å². The van der Waals surface area contributed by atoms with Crippen LogP contribution >= 0.6 is 11.3 Å². The molecule has 0 aliphatic carbocycles. The van der Waals surface area contributed by atoms with Crippen molar-refractivity contribution < 1.29 is 14.1 Å². The van der Waals surface area contributed by atoms with Crippen molar-refractivity contribution in [2.24, 2.45) is 0 Å². The largest absolute Gasteiger partial charge is 0.431 e. The molecule has 30 heavy (non-hydrogen) atoms. The number of non-ortho nitro benzene ring substituents is 1. The molecule has 4 rings (SSSR count). The Kier molecular flexibility index (Phi) is 5.11. The van der Waals surface area contributed by atoms with Gasteiger partial charge in [-0.1, -0.05) is 12.1 Å². The molecule has 150 valence electrons. The normalized spacial score (nSPS) is 10.8. The van der Waals surface area contributed by atoms with Crippen molar-refractivity contribution in [1.82, 2.24) is 4.98 Å². The number of amides is 1. The summed E-state index contributed by atoms with van der Waals surface area (Å²) in [5.41, 5.74) is 2.11. The first-order chi connectivity index (χ1) is 14.4. The fraction of sp³-hybridized carbons (Fsp3) is 0.0952. The Hall–Kier alpha value is -3.85. The molecule has 0 aliphatic heterocycles. The van der Waals surface area contributed by atoms with Crippen LogP contribution in [-0.2, 0) is 6.42 Å². The molecule has 0 spiro atoms. The number of carbonyl (C=O) groups excluding carboxylic acids is 1. The predicted octanol–water partition coefficient (Wildman–Crippen LogP) is 4.31. The summed E-state index contributed by atoms with van der Waals surface area (Å²) in [6, 6.07) is 12.4. The molecule has 1 N–H and O–H groups in total. The third kappa shape index (κ3) is 3.96. The first-order valence-electron chi connectivity index (χ1n) is 8.93. The number of nitro benzene ring substituents is 1. The number of aromatic nitrogens is 1. The number of nitrogens with one attached hydrogen (secondary N) is 1. The van der Waals surface area contributed by atoms with E-state index in [9.17, 15) is 19.7 Å². The molecule has 0 atom stereocenters. The summed E-state index contributed by atoms with van der Waals surface area (Å²) in [6.07, 6.45) is 0.295. The van der Waals surface area contributed by atoms with Crippen LogP contribution in [-0.4, -0.2) is 15.8 Å². The van der Waals surface area contributed by atoms with E-state index < -0.39 is 4.92 Å². The van der Waals surface area contributed by atoms with Crippen LogP contribution in [0.15, 0.2) is 63.1 Å². The van der Waals surface area contributed by atoms with Gasteiger partial charge < -0.3 is 9.73 Å². The van der Waals surface area contributed by atoms with Gasteiger partial charge in [-0.3, -0.25) is 19.7 Å². The molecule has 0 saturated heterocycles. The maximum absolute atomic E-state index is 12.4. The number of carbonyl (C=O) groups is 1. The third-order valence-electron chi connectivity index (χ3n) is 4.47. The van der Waals surface area contributed by atoms with Crippen molar-refractivity contribution in [2.45, 2.75) is 13.3 Å². The van der Waals surface area contributed by atoms with E-state index in [4.69, 9.17) is 4.42 Å². The highest BCUT2D eigenvalue weighted by Crippen LogP contribution is 2.23. The number of aryl methyl sites for hydroxylation is 1. The highest BCUT2D eigenvalue weighted by atomic mass is 32.1. The molecule has 0 bridgehead atoms. The molecular formula is C21H15N3O5S. The minimum absolute atomic E-state index is 0.0829. The molecule has 0 fully saturated rings. The molecule has 4 aromatic rings. The Balaban J connectivity index is 1.52. The van der Waals surface area contributed by atoms with Gasteiger partial charge in [-0.2, -0.15) is 4.98 Å².